The van der Waals surface area contributed by atoms with Gasteiger partial charge in [0.25, 0.3) is 11.4 Å². The molecule has 0 saturated heterocycles. The summed E-state index contributed by atoms with van der Waals surface area (Å²) in [7, 11) is 0. The van der Waals surface area contributed by atoms with Crippen molar-refractivity contribution >= 4 is 11.4 Å². The van der Waals surface area contributed by atoms with E-state index in [9.17, 15) is 20.2 Å². The predicted octanol–water partition coefficient (Wildman–Crippen LogP) is 5.77. The first-order chi connectivity index (χ1) is 11.8. The van der Waals surface area contributed by atoms with Gasteiger partial charge in [0.1, 0.15) is 5.56 Å². The fourth-order valence-corrected chi connectivity index (χ4v) is 2.77. The minimum absolute atomic E-state index is 0.0495. The largest absolute Gasteiger partial charge is 0.284 e. The molecule has 2 rings (SSSR count). The maximum absolute atomic E-state index is 11.7. The van der Waals surface area contributed by atoms with Crippen molar-refractivity contribution in [1.29, 1.82) is 0 Å². The lowest BCUT2D eigenvalue weighted by Gasteiger charge is -2.20. The van der Waals surface area contributed by atoms with E-state index in [1.807, 2.05) is 32.9 Å². The molecule has 26 heavy (non-hydrogen) atoms. The molecule has 0 aliphatic rings. The van der Waals surface area contributed by atoms with Crippen LogP contribution in [0.1, 0.15) is 52.7 Å². The van der Waals surface area contributed by atoms with E-state index in [4.69, 9.17) is 0 Å². The third-order valence-corrected chi connectivity index (χ3v) is 4.40. The normalized spacial score (nSPS) is 12.1. The number of hydrogen-bond acceptors (Lipinski definition) is 4. The Morgan fingerprint density at radius 3 is 1.38 bits per heavy atom. The van der Waals surface area contributed by atoms with E-state index in [-0.39, 0.29) is 22.4 Å². The van der Waals surface area contributed by atoms with E-state index in [0.29, 0.717) is 11.1 Å². The van der Waals surface area contributed by atoms with Gasteiger partial charge in [-0.1, -0.05) is 65.8 Å². The minimum atomic E-state index is -0.546. The number of nitro groups is 2. The molecule has 0 heterocycles. The molecule has 0 aromatic heterocycles. The van der Waals surface area contributed by atoms with Crippen LogP contribution in [-0.4, -0.2) is 9.85 Å². The minimum Gasteiger partial charge on any atom is -0.258 e. The third-order valence-electron chi connectivity index (χ3n) is 4.40. The smallest absolute Gasteiger partial charge is 0.258 e. The summed E-state index contributed by atoms with van der Waals surface area (Å²) in [6, 6.07) is 10.0. The van der Waals surface area contributed by atoms with Crippen molar-refractivity contribution in [2.45, 2.75) is 52.4 Å². The third kappa shape index (κ3) is 3.90. The van der Waals surface area contributed by atoms with E-state index in [1.165, 1.54) is 12.1 Å². The SMILES string of the molecule is CC(C)(C)c1ccc(-c2c([N+](=O)[O-])cc(C(C)(C)C)cc2[N+](=O)[O-])cc1. The highest BCUT2D eigenvalue weighted by molar-refractivity contribution is 5.83. The highest BCUT2D eigenvalue weighted by atomic mass is 16.6. The molecule has 0 saturated carbocycles. The average Bonchev–Trinajstić information content (AvgIpc) is 2.51. The maximum Gasteiger partial charge on any atom is 0.284 e. The summed E-state index contributed by atoms with van der Waals surface area (Å²) in [5, 5.41) is 23.3. The first-order valence-corrected chi connectivity index (χ1v) is 8.40. The Bertz CT molecular complexity index is 822. The second-order valence-electron chi connectivity index (χ2n) is 8.48. The van der Waals surface area contributed by atoms with Crippen LogP contribution < -0.4 is 0 Å². The fraction of sp³-hybridized carbons (Fsp3) is 0.400. The standard InChI is InChI=1S/C20H24N2O4/c1-19(2,3)14-9-7-13(8-10-14)18-16(21(23)24)11-15(20(4,5)6)12-17(18)22(25)26/h7-12H,1-6H3. The van der Waals surface area contributed by atoms with E-state index in [1.54, 1.807) is 12.1 Å². The fourth-order valence-electron chi connectivity index (χ4n) is 2.77. The van der Waals surface area contributed by atoms with Gasteiger partial charge in [-0.05, 0) is 27.5 Å². The molecule has 0 aliphatic heterocycles. The van der Waals surface area contributed by atoms with Crippen LogP contribution >= 0.6 is 0 Å². The first-order valence-electron chi connectivity index (χ1n) is 8.40. The number of hydrogen-bond donors (Lipinski definition) is 0. The molecule has 0 radical (unpaired) electrons. The van der Waals surface area contributed by atoms with Crippen molar-refractivity contribution in [2.75, 3.05) is 0 Å². The van der Waals surface area contributed by atoms with Gasteiger partial charge in [0.15, 0.2) is 0 Å². The number of nitro benzene ring substituents is 2. The second kappa shape index (κ2) is 6.52. The van der Waals surface area contributed by atoms with Gasteiger partial charge in [-0.2, -0.15) is 0 Å². The summed E-state index contributed by atoms with van der Waals surface area (Å²) in [6.45, 7) is 11.8. The quantitative estimate of drug-likeness (QED) is 0.516. The van der Waals surface area contributed by atoms with E-state index in [0.717, 1.165) is 5.56 Å². The van der Waals surface area contributed by atoms with Crippen molar-refractivity contribution in [1.82, 2.24) is 0 Å². The summed E-state index contributed by atoms with van der Waals surface area (Å²) in [6.07, 6.45) is 0. The lowest BCUT2D eigenvalue weighted by molar-refractivity contribution is -0.392. The molecular formula is C20H24N2O4. The van der Waals surface area contributed by atoms with Gasteiger partial charge in [-0.3, -0.25) is 20.2 Å². The summed E-state index contributed by atoms with van der Waals surface area (Å²) in [5.74, 6) is 0. The summed E-state index contributed by atoms with van der Waals surface area (Å²) >= 11 is 0. The Morgan fingerprint density at radius 2 is 1.08 bits per heavy atom. The molecule has 0 spiro atoms. The lowest BCUT2D eigenvalue weighted by Crippen LogP contribution is -2.13. The maximum atomic E-state index is 11.7. The molecule has 0 fully saturated rings. The molecule has 6 nitrogen and oxygen atoms in total. The van der Waals surface area contributed by atoms with Crippen LogP contribution in [0.4, 0.5) is 11.4 Å². The molecule has 0 atom stereocenters. The molecule has 0 aliphatic carbocycles. The van der Waals surface area contributed by atoms with E-state index >= 15 is 0 Å². The zero-order valence-corrected chi connectivity index (χ0v) is 16.0. The van der Waals surface area contributed by atoms with Crippen molar-refractivity contribution < 1.29 is 9.85 Å². The average molecular weight is 356 g/mol. The van der Waals surface area contributed by atoms with E-state index in [2.05, 4.69) is 20.8 Å². The van der Waals surface area contributed by atoms with Crippen molar-refractivity contribution in [2.24, 2.45) is 0 Å². The second-order valence-corrected chi connectivity index (χ2v) is 8.48. The number of nitrogens with zero attached hydrogens (tertiary/aromatic N) is 2. The van der Waals surface area contributed by atoms with Gasteiger partial charge in [0, 0.05) is 12.1 Å². The summed E-state index contributed by atoms with van der Waals surface area (Å²) < 4.78 is 0. The topological polar surface area (TPSA) is 86.3 Å². The van der Waals surface area contributed by atoms with Gasteiger partial charge in [-0.25, -0.2) is 0 Å². The monoisotopic (exact) mass is 356 g/mol. The van der Waals surface area contributed by atoms with Crippen LogP contribution in [-0.2, 0) is 10.8 Å². The molecule has 0 N–H and O–H groups in total. The van der Waals surface area contributed by atoms with Crippen molar-refractivity contribution in [3.8, 4) is 11.1 Å². The zero-order valence-electron chi connectivity index (χ0n) is 16.0. The van der Waals surface area contributed by atoms with Gasteiger partial charge >= 0.3 is 0 Å². The van der Waals surface area contributed by atoms with Crippen LogP contribution in [0.15, 0.2) is 36.4 Å². The van der Waals surface area contributed by atoms with Crippen LogP contribution in [0.5, 0.6) is 0 Å². The lowest BCUT2D eigenvalue weighted by atomic mass is 9.83. The molecule has 6 heteroatoms. The summed E-state index contributed by atoms with van der Waals surface area (Å²) in [4.78, 5) is 22.2. The van der Waals surface area contributed by atoms with Gasteiger partial charge in [0.05, 0.1) is 9.85 Å². The molecule has 2 aromatic carbocycles. The predicted molar refractivity (Wildman–Crippen MR) is 103 cm³/mol. The molecule has 2 aromatic rings. The molecular weight excluding hydrogens is 332 g/mol. The highest BCUT2D eigenvalue weighted by Gasteiger charge is 2.31. The van der Waals surface area contributed by atoms with E-state index < -0.39 is 15.3 Å². The summed E-state index contributed by atoms with van der Waals surface area (Å²) in [5.41, 5.74) is 1.13. The Balaban J connectivity index is 2.78. The van der Waals surface area contributed by atoms with Crippen molar-refractivity contribution in [3.63, 3.8) is 0 Å². The Hall–Kier alpha value is -2.76. The van der Waals surface area contributed by atoms with Gasteiger partial charge in [0.2, 0.25) is 0 Å². The zero-order chi connectivity index (χ0) is 19.9. The van der Waals surface area contributed by atoms with Crippen LogP contribution in [0.2, 0.25) is 0 Å². The molecule has 0 unspecified atom stereocenters. The Kier molecular flexibility index (Phi) is 4.90. The Labute approximate surface area is 153 Å². The van der Waals surface area contributed by atoms with Gasteiger partial charge < -0.3 is 0 Å². The number of benzene rings is 2. The molecule has 0 bridgehead atoms. The first kappa shape index (κ1) is 19.6. The van der Waals surface area contributed by atoms with Crippen LogP contribution in [0.25, 0.3) is 11.1 Å². The Morgan fingerprint density at radius 1 is 0.692 bits per heavy atom. The van der Waals surface area contributed by atoms with Crippen LogP contribution in [0, 0.1) is 20.2 Å². The van der Waals surface area contributed by atoms with Crippen molar-refractivity contribution in [3.05, 3.63) is 67.8 Å². The number of rotatable bonds is 3. The highest BCUT2D eigenvalue weighted by Crippen LogP contribution is 2.42. The van der Waals surface area contributed by atoms with Gasteiger partial charge in [-0.15, -0.1) is 0 Å². The van der Waals surface area contributed by atoms with Crippen LogP contribution in [0.3, 0.4) is 0 Å². The molecule has 138 valence electrons. The molecule has 0 amide bonds.